The van der Waals surface area contributed by atoms with E-state index < -0.39 is 0 Å². The molecule has 2 aliphatic heterocycles. The van der Waals surface area contributed by atoms with Crippen molar-refractivity contribution in [1.29, 1.82) is 0 Å². The number of para-hydroxylation sites is 2. The van der Waals surface area contributed by atoms with Crippen LogP contribution in [-0.2, 0) is 21.7 Å². The highest BCUT2D eigenvalue weighted by atomic mass is 16.3. The van der Waals surface area contributed by atoms with Gasteiger partial charge in [-0.15, -0.1) is 0 Å². The Hall–Kier alpha value is -5.22. The lowest BCUT2D eigenvalue weighted by molar-refractivity contribution is 0.332. The van der Waals surface area contributed by atoms with Crippen molar-refractivity contribution < 1.29 is 4.42 Å². The Morgan fingerprint density at radius 1 is 0.466 bits per heavy atom. The first kappa shape index (κ1) is 35.9. The quantitative estimate of drug-likeness (QED) is 0.164. The van der Waals surface area contributed by atoms with Crippen LogP contribution in [0.15, 0.2) is 108 Å². The van der Waals surface area contributed by atoms with Gasteiger partial charge < -0.3 is 14.2 Å². The fourth-order valence-electron chi connectivity index (χ4n) is 11.5. The first-order chi connectivity index (χ1) is 27.5. The summed E-state index contributed by atoms with van der Waals surface area (Å²) < 4.78 is 6.72. The standard InChI is InChI=1S/C54H55BN2O/c1-32-25-46-50-47(26-32)57(43-17-13-11-15-33(43)2)44-28-36-35-16-12-14-18-48(35)58-49(36)31-42(44)55(50)41-29-39-40(54(9,10)24-23-53(39,7)8)30-45(41)56(46)34-19-20-37-38(27-34)52(5,6)22-21-51(37,3)4/h11-20,25-31H,21-24H2,1-10H3. The summed E-state index contributed by atoms with van der Waals surface area (Å²) in [6.45, 7) is 24.2. The van der Waals surface area contributed by atoms with E-state index >= 15 is 0 Å². The Morgan fingerprint density at radius 2 is 1.03 bits per heavy atom. The summed E-state index contributed by atoms with van der Waals surface area (Å²) in [7, 11) is 0. The number of nitrogens with zero attached hydrogens (tertiary/aromatic N) is 2. The first-order valence-corrected chi connectivity index (χ1v) is 21.6. The molecule has 11 rings (SSSR count). The van der Waals surface area contributed by atoms with Crippen LogP contribution in [-0.4, -0.2) is 6.71 Å². The van der Waals surface area contributed by atoms with Crippen LogP contribution in [0.5, 0.6) is 0 Å². The number of anilines is 6. The van der Waals surface area contributed by atoms with Gasteiger partial charge in [-0.2, -0.15) is 0 Å². The van der Waals surface area contributed by atoms with Gasteiger partial charge in [-0.25, -0.2) is 0 Å². The maximum absolute atomic E-state index is 6.72. The van der Waals surface area contributed by atoms with E-state index in [-0.39, 0.29) is 28.4 Å². The summed E-state index contributed by atoms with van der Waals surface area (Å²) in [6, 6.07) is 39.9. The third kappa shape index (κ3) is 4.93. The van der Waals surface area contributed by atoms with Gasteiger partial charge in [0.05, 0.1) is 0 Å². The highest BCUT2D eigenvalue weighted by Crippen LogP contribution is 2.53. The van der Waals surface area contributed by atoms with Crippen molar-refractivity contribution in [3.63, 3.8) is 0 Å². The number of fused-ring (bicyclic) bond motifs is 9. The van der Waals surface area contributed by atoms with Gasteiger partial charge in [-0.05, 0) is 166 Å². The molecular weight excluding hydrogens is 703 g/mol. The van der Waals surface area contributed by atoms with Crippen LogP contribution in [0.25, 0.3) is 21.9 Å². The van der Waals surface area contributed by atoms with Crippen LogP contribution in [0.1, 0.15) is 114 Å². The number of hydrogen-bond acceptors (Lipinski definition) is 3. The summed E-state index contributed by atoms with van der Waals surface area (Å²) in [5.74, 6) is 0. The monoisotopic (exact) mass is 758 g/mol. The third-order valence-corrected chi connectivity index (χ3v) is 15.1. The SMILES string of the molecule is Cc1cc2c3c(c1)N(c1ccccc1C)c1cc4c(cc1B3c1cc3c(cc1N2c1ccc2c(c1)C(C)(C)CCC2(C)C)C(C)(C)CCC3(C)C)oc1ccccc14. The van der Waals surface area contributed by atoms with Gasteiger partial charge in [0.2, 0.25) is 0 Å². The van der Waals surface area contributed by atoms with Crippen LogP contribution in [0.2, 0.25) is 0 Å². The van der Waals surface area contributed by atoms with Gasteiger partial charge in [-0.3, -0.25) is 0 Å². The van der Waals surface area contributed by atoms with Gasteiger partial charge in [0.1, 0.15) is 11.2 Å². The molecule has 290 valence electrons. The van der Waals surface area contributed by atoms with Crippen molar-refractivity contribution >= 4 is 79.2 Å². The van der Waals surface area contributed by atoms with Crippen molar-refractivity contribution in [3.8, 4) is 0 Å². The molecule has 6 aromatic carbocycles. The number of rotatable bonds is 2. The second-order valence-electron chi connectivity index (χ2n) is 20.8. The highest BCUT2D eigenvalue weighted by Gasteiger charge is 2.47. The molecule has 7 aromatic rings. The summed E-state index contributed by atoms with van der Waals surface area (Å²) in [6.07, 6.45) is 4.74. The Labute approximate surface area is 345 Å². The molecule has 0 spiro atoms. The Morgan fingerprint density at radius 3 is 1.74 bits per heavy atom. The Kier molecular flexibility index (Phi) is 7.25. The van der Waals surface area contributed by atoms with Gasteiger partial charge in [0.15, 0.2) is 0 Å². The van der Waals surface area contributed by atoms with E-state index in [1.807, 2.05) is 0 Å². The Bertz CT molecular complexity index is 2910. The van der Waals surface area contributed by atoms with E-state index in [2.05, 4.69) is 182 Å². The number of hydrogen-bond donors (Lipinski definition) is 0. The van der Waals surface area contributed by atoms with Crippen LogP contribution in [0, 0.1) is 13.8 Å². The second-order valence-corrected chi connectivity index (χ2v) is 20.8. The van der Waals surface area contributed by atoms with Crippen LogP contribution in [0.3, 0.4) is 0 Å². The predicted octanol–water partition coefficient (Wildman–Crippen LogP) is 13.0. The zero-order valence-electron chi connectivity index (χ0n) is 36.0. The summed E-state index contributed by atoms with van der Waals surface area (Å²) in [5.41, 5.74) is 22.4. The second kappa shape index (κ2) is 11.7. The molecule has 0 fully saturated rings. The molecule has 0 bridgehead atoms. The molecular formula is C54H55BN2O. The zero-order chi connectivity index (χ0) is 40.3. The highest BCUT2D eigenvalue weighted by molar-refractivity contribution is 7.00. The van der Waals surface area contributed by atoms with E-state index in [0.717, 1.165) is 21.9 Å². The molecule has 0 amide bonds. The van der Waals surface area contributed by atoms with Gasteiger partial charge in [0, 0.05) is 44.9 Å². The van der Waals surface area contributed by atoms with Crippen molar-refractivity contribution in [2.75, 3.05) is 9.80 Å². The van der Waals surface area contributed by atoms with Crippen LogP contribution in [0.4, 0.5) is 34.1 Å². The molecule has 0 radical (unpaired) electrons. The fraction of sp³-hybridized carbons (Fsp3) is 0.333. The third-order valence-electron chi connectivity index (χ3n) is 15.1. The molecule has 58 heavy (non-hydrogen) atoms. The smallest absolute Gasteiger partial charge is 0.252 e. The molecule has 3 heterocycles. The van der Waals surface area contributed by atoms with Crippen LogP contribution >= 0.6 is 0 Å². The van der Waals surface area contributed by atoms with Crippen LogP contribution < -0.4 is 26.2 Å². The Balaban J connectivity index is 1.28. The molecule has 2 aliphatic carbocycles. The first-order valence-electron chi connectivity index (χ1n) is 21.6. The minimum Gasteiger partial charge on any atom is -0.456 e. The molecule has 0 atom stereocenters. The maximum atomic E-state index is 6.72. The molecule has 4 heteroatoms. The minimum absolute atomic E-state index is 0.0175. The van der Waals surface area contributed by atoms with E-state index in [1.165, 1.54) is 110 Å². The normalized spacial score (nSPS) is 19.0. The lowest BCUT2D eigenvalue weighted by Crippen LogP contribution is -2.62. The number of furan rings is 1. The molecule has 0 N–H and O–H groups in total. The van der Waals surface area contributed by atoms with Crippen molar-refractivity contribution in [2.24, 2.45) is 0 Å². The summed E-state index contributed by atoms with van der Waals surface area (Å²) in [4.78, 5) is 5.23. The molecule has 4 aliphatic rings. The molecule has 0 saturated carbocycles. The average molecular weight is 759 g/mol. The van der Waals surface area contributed by atoms with E-state index in [4.69, 9.17) is 4.42 Å². The molecule has 0 unspecified atom stereocenters. The van der Waals surface area contributed by atoms with Gasteiger partial charge in [0.25, 0.3) is 6.71 Å². The number of benzene rings is 6. The molecule has 0 saturated heterocycles. The lowest BCUT2D eigenvalue weighted by Gasteiger charge is -2.48. The largest absolute Gasteiger partial charge is 0.456 e. The summed E-state index contributed by atoms with van der Waals surface area (Å²) >= 11 is 0. The van der Waals surface area contributed by atoms with Crippen molar-refractivity contribution in [3.05, 3.63) is 137 Å². The fourth-order valence-corrected chi connectivity index (χ4v) is 11.5. The summed E-state index contributed by atoms with van der Waals surface area (Å²) in [5, 5.41) is 2.32. The number of aryl methyl sites for hydroxylation is 2. The van der Waals surface area contributed by atoms with E-state index in [0.29, 0.717) is 0 Å². The average Bonchev–Trinajstić information content (AvgIpc) is 3.55. The predicted molar refractivity (Wildman–Crippen MR) is 248 cm³/mol. The molecule has 3 nitrogen and oxygen atoms in total. The topological polar surface area (TPSA) is 19.6 Å². The van der Waals surface area contributed by atoms with Gasteiger partial charge in [-0.1, -0.05) is 104 Å². The minimum atomic E-state index is 0.0175. The van der Waals surface area contributed by atoms with E-state index in [1.54, 1.807) is 0 Å². The van der Waals surface area contributed by atoms with Crippen molar-refractivity contribution in [1.82, 2.24) is 0 Å². The molecule has 1 aromatic heterocycles. The zero-order valence-corrected chi connectivity index (χ0v) is 36.0. The van der Waals surface area contributed by atoms with E-state index in [9.17, 15) is 0 Å². The lowest BCUT2D eigenvalue weighted by atomic mass is 9.33. The van der Waals surface area contributed by atoms with Gasteiger partial charge >= 0.3 is 0 Å². The maximum Gasteiger partial charge on any atom is 0.252 e. The van der Waals surface area contributed by atoms with Crippen molar-refractivity contribution in [2.45, 2.75) is 117 Å².